The lowest BCUT2D eigenvalue weighted by atomic mass is 10.1. The molecule has 2 aliphatic rings. The number of nitrogens with two attached hydrogens (primary N) is 2. The Morgan fingerprint density at radius 2 is 1.80 bits per heavy atom. The number of sulfone groups is 1. The minimum absolute atomic E-state index is 0.0422. The molecule has 1 amide bonds. The fourth-order valence-electron chi connectivity index (χ4n) is 5.07. The fraction of sp³-hybridized carbons (Fsp3) is 0.286. The van der Waals surface area contributed by atoms with Crippen LogP contribution >= 0.6 is 11.6 Å². The third-order valence-corrected chi connectivity index (χ3v) is 8.98. The number of piperazine rings is 1. The first kappa shape index (κ1) is 27.8. The normalized spacial score (nSPS) is 16.2. The summed E-state index contributed by atoms with van der Waals surface area (Å²) in [4.78, 5) is 20.4. The average molecular weight is 584 g/mol. The number of hydrogen-bond acceptors (Lipinski definition) is 7. The molecule has 4 N–H and O–H groups in total. The van der Waals surface area contributed by atoms with Crippen LogP contribution in [0.2, 0.25) is 5.02 Å². The number of aryl methyl sites for hydroxylation is 1. The number of benzene rings is 3. The van der Waals surface area contributed by atoms with Gasteiger partial charge in [-0.15, -0.1) is 0 Å². The number of carbonyl (C=O) groups is 1. The molecule has 0 aliphatic carbocycles. The van der Waals surface area contributed by atoms with Gasteiger partial charge in [0.15, 0.2) is 15.8 Å². The van der Waals surface area contributed by atoms with E-state index in [1.165, 1.54) is 12.1 Å². The van der Waals surface area contributed by atoms with E-state index in [0.717, 1.165) is 49.7 Å². The van der Waals surface area contributed by atoms with Crippen LogP contribution in [0.4, 0.5) is 5.69 Å². The molecular formula is C28H30ClN5O5S. The molecule has 2 aliphatic heterocycles. The Labute approximate surface area is 238 Å². The summed E-state index contributed by atoms with van der Waals surface area (Å²) in [5, 5.41) is 0.312. The van der Waals surface area contributed by atoms with E-state index in [0.29, 0.717) is 16.1 Å². The first-order valence-corrected chi connectivity index (χ1v) is 14.7. The minimum atomic E-state index is -3.90. The van der Waals surface area contributed by atoms with Crippen LogP contribution in [-0.4, -0.2) is 58.5 Å². The number of amides is 1. The van der Waals surface area contributed by atoms with Gasteiger partial charge < -0.3 is 25.8 Å². The van der Waals surface area contributed by atoms with Gasteiger partial charge in [0.1, 0.15) is 22.1 Å². The molecule has 3 aromatic rings. The molecule has 40 heavy (non-hydrogen) atoms. The van der Waals surface area contributed by atoms with Gasteiger partial charge in [-0.25, -0.2) is 8.42 Å². The molecule has 0 saturated carbocycles. The van der Waals surface area contributed by atoms with E-state index in [4.69, 9.17) is 32.5 Å². The van der Waals surface area contributed by atoms with Gasteiger partial charge in [-0.3, -0.25) is 9.69 Å². The minimum Gasteiger partial charge on any atom is -0.496 e. The SMILES string of the molecule is COc1ccccc1CN1CCN(c2cc(Cl)c3c(c2)CS(=O)(=O)c2cc(C(=O)N=C(N)N)cc(C)c2O3)CC1. The number of methoxy groups -OCH3 is 1. The van der Waals surface area contributed by atoms with Crippen molar-refractivity contribution in [1.29, 1.82) is 0 Å². The predicted molar refractivity (Wildman–Crippen MR) is 154 cm³/mol. The highest BCUT2D eigenvalue weighted by Gasteiger charge is 2.32. The Kier molecular flexibility index (Phi) is 7.63. The second-order valence-electron chi connectivity index (χ2n) is 9.81. The van der Waals surface area contributed by atoms with Gasteiger partial charge in [-0.05, 0) is 42.8 Å². The summed E-state index contributed by atoms with van der Waals surface area (Å²) in [6, 6.07) is 14.3. The summed E-state index contributed by atoms with van der Waals surface area (Å²) in [6.45, 7) is 5.55. The lowest BCUT2D eigenvalue weighted by molar-refractivity contribution is 0.100. The smallest absolute Gasteiger partial charge is 0.280 e. The van der Waals surface area contributed by atoms with Crippen LogP contribution < -0.4 is 25.8 Å². The zero-order valence-corrected chi connectivity index (χ0v) is 23.8. The summed E-state index contributed by atoms with van der Waals surface area (Å²) in [6.07, 6.45) is 0. The number of nitrogens with zero attached hydrogens (tertiary/aromatic N) is 3. The van der Waals surface area contributed by atoms with E-state index in [2.05, 4.69) is 20.9 Å². The van der Waals surface area contributed by atoms with Crippen LogP contribution in [0, 0.1) is 6.92 Å². The third-order valence-electron chi connectivity index (χ3n) is 7.03. The summed E-state index contributed by atoms with van der Waals surface area (Å²) in [5.74, 6) is -0.214. The highest BCUT2D eigenvalue weighted by atomic mass is 35.5. The van der Waals surface area contributed by atoms with Crippen LogP contribution in [0.5, 0.6) is 17.2 Å². The summed E-state index contributed by atoms with van der Waals surface area (Å²) >= 11 is 6.69. The van der Waals surface area contributed by atoms with Crippen LogP contribution in [0.25, 0.3) is 0 Å². The van der Waals surface area contributed by atoms with E-state index >= 15 is 0 Å². The topological polar surface area (TPSA) is 141 Å². The standard InChI is InChI=1S/C28H30ClN5O5S/c1-17-11-19(27(35)32-28(30)31)13-24-25(17)39-26-20(16-40(24,36)37)12-21(14-22(26)29)34-9-7-33(8-10-34)15-18-5-3-4-6-23(18)38-2/h3-6,11-14H,7-10,15-16H2,1-2H3,(H4,30,31,32,35). The lowest BCUT2D eigenvalue weighted by Crippen LogP contribution is -2.46. The van der Waals surface area contributed by atoms with Crippen LogP contribution in [0.15, 0.2) is 58.4 Å². The molecular weight excluding hydrogens is 554 g/mol. The molecule has 2 heterocycles. The maximum atomic E-state index is 13.5. The molecule has 5 rings (SSSR count). The second-order valence-corrected chi connectivity index (χ2v) is 12.2. The van der Waals surface area contributed by atoms with E-state index in [1.54, 1.807) is 20.1 Å². The maximum Gasteiger partial charge on any atom is 0.280 e. The largest absolute Gasteiger partial charge is 0.496 e. The second kappa shape index (κ2) is 11.0. The van der Waals surface area contributed by atoms with Crippen molar-refractivity contribution in [3.05, 3.63) is 75.8 Å². The molecule has 0 radical (unpaired) electrons. The highest BCUT2D eigenvalue weighted by molar-refractivity contribution is 7.90. The predicted octanol–water partition coefficient (Wildman–Crippen LogP) is 3.47. The third kappa shape index (κ3) is 5.58. The number of hydrogen-bond donors (Lipinski definition) is 2. The molecule has 12 heteroatoms. The molecule has 0 aromatic heterocycles. The van der Waals surface area contributed by atoms with Gasteiger partial charge >= 0.3 is 0 Å². The molecule has 0 bridgehead atoms. The van der Waals surface area contributed by atoms with Gasteiger partial charge in [0.05, 0.1) is 17.9 Å². The quantitative estimate of drug-likeness (QED) is 0.341. The van der Waals surface area contributed by atoms with Gasteiger partial charge in [0, 0.05) is 55.1 Å². The number of para-hydroxylation sites is 1. The Balaban J connectivity index is 1.39. The number of aliphatic imine (C=N–C) groups is 1. The highest BCUT2D eigenvalue weighted by Crippen LogP contribution is 2.45. The molecule has 1 fully saturated rings. The van der Waals surface area contributed by atoms with Gasteiger partial charge in [0.25, 0.3) is 5.91 Å². The van der Waals surface area contributed by atoms with Gasteiger partial charge in [-0.1, -0.05) is 29.8 Å². The summed E-state index contributed by atoms with van der Waals surface area (Å²) in [7, 11) is -2.22. The summed E-state index contributed by atoms with van der Waals surface area (Å²) in [5.41, 5.74) is 13.5. The number of carbonyl (C=O) groups excluding carboxylic acids is 1. The zero-order valence-electron chi connectivity index (χ0n) is 22.2. The van der Waals surface area contributed by atoms with E-state index in [9.17, 15) is 13.2 Å². The fourth-order valence-corrected chi connectivity index (χ4v) is 6.91. The number of anilines is 1. The Bertz CT molecular complexity index is 1610. The summed E-state index contributed by atoms with van der Waals surface area (Å²) < 4.78 is 38.7. The van der Waals surface area contributed by atoms with Crippen molar-refractivity contribution in [1.82, 2.24) is 4.90 Å². The monoisotopic (exact) mass is 583 g/mol. The number of rotatable bonds is 5. The molecule has 210 valence electrons. The zero-order chi connectivity index (χ0) is 28.6. The Morgan fingerprint density at radius 3 is 2.50 bits per heavy atom. The van der Waals surface area contributed by atoms with Crippen molar-refractivity contribution in [2.24, 2.45) is 16.5 Å². The van der Waals surface area contributed by atoms with Crippen molar-refractivity contribution in [2.45, 2.75) is 24.1 Å². The molecule has 10 nitrogen and oxygen atoms in total. The van der Waals surface area contributed by atoms with Crippen LogP contribution in [0.1, 0.15) is 27.0 Å². The molecule has 0 atom stereocenters. The van der Waals surface area contributed by atoms with Crippen molar-refractivity contribution in [3.63, 3.8) is 0 Å². The lowest BCUT2D eigenvalue weighted by Gasteiger charge is -2.36. The van der Waals surface area contributed by atoms with Gasteiger partial charge in [0.2, 0.25) is 0 Å². The maximum absolute atomic E-state index is 13.5. The number of halogens is 1. The first-order valence-electron chi connectivity index (χ1n) is 12.7. The molecule has 0 unspecified atom stereocenters. The van der Waals surface area contributed by atoms with E-state index in [-0.39, 0.29) is 27.7 Å². The Morgan fingerprint density at radius 1 is 1.07 bits per heavy atom. The molecule has 1 saturated heterocycles. The van der Waals surface area contributed by atoms with Crippen molar-refractivity contribution < 1.29 is 22.7 Å². The Hall–Kier alpha value is -3.80. The molecule has 3 aromatic carbocycles. The van der Waals surface area contributed by atoms with Gasteiger partial charge in [-0.2, -0.15) is 4.99 Å². The van der Waals surface area contributed by atoms with E-state index < -0.39 is 21.7 Å². The van der Waals surface area contributed by atoms with Crippen molar-refractivity contribution in [3.8, 4) is 17.2 Å². The number of guanidine groups is 1. The average Bonchev–Trinajstić information content (AvgIpc) is 3.02. The number of ether oxygens (including phenoxy) is 2. The van der Waals surface area contributed by atoms with E-state index in [1.807, 2.05) is 24.3 Å². The van der Waals surface area contributed by atoms with Crippen LogP contribution in [-0.2, 0) is 22.1 Å². The molecule has 0 spiro atoms. The first-order chi connectivity index (χ1) is 19.1. The van der Waals surface area contributed by atoms with Crippen molar-refractivity contribution in [2.75, 3.05) is 38.2 Å². The number of fused-ring (bicyclic) bond motifs is 2. The van der Waals surface area contributed by atoms with Crippen LogP contribution in [0.3, 0.4) is 0 Å². The van der Waals surface area contributed by atoms with Crippen molar-refractivity contribution >= 4 is 39.0 Å².